The second-order valence-electron chi connectivity index (χ2n) is 6.87. The standard InChI is InChI=1S/C21H27NO3/c1-6-15-8-7-14(4)9-16(15)12-22(5)21(25)18-10-17(13(2)3)19(23)11-20(18)24/h7-11,13,23-24H,6,12H2,1-5H3. The molecule has 2 N–H and O–H groups in total. The fraction of sp³-hybridized carbons (Fsp3) is 0.381. The van der Waals surface area contributed by atoms with Crippen molar-refractivity contribution in [3.8, 4) is 11.5 Å². The minimum Gasteiger partial charge on any atom is -0.508 e. The zero-order chi connectivity index (χ0) is 18.7. The van der Waals surface area contributed by atoms with E-state index in [-0.39, 0.29) is 28.9 Å². The third kappa shape index (κ3) is 4.13. The van der Waals surface area contributed by atoms with Crippen LogP contribution in [0.5, 0.6) is 11.5 Å². The predicted octanol–water partition coefficient (Wildman–Crippen LogP) is 4.36. The largest absolute Gasteiger partial charge is 0.508 e. The van der Waals surface area contributed by atoms with Crippen molar-refractivity contribution in [3.63, 3.8) is 0 Å². The number of hydrogen-bond donors (Lipinski definition) is 2. The Morgan fingerprint density at radius 3 is 2.36 bits per heavy atom. The molecular weight excluding hydrogens is 314 g/mol. The summed E-state index contributed by atoms with van der Waals surface area (Å²) in [5, 5.41) is 20.1. The Morgan fingerprint density at radius 1 is 1.08 bits per heavy atom. The van der Waals surface area contributed by atoms with Gasteiger partial charge in [0, 0.05) is 19.7 Å². The van der Waals surface area contributed by atoms with Gasteiger partial charge < -0.3 is 15.1 Å². The highest BCUT2D eigenvalue weighted by Gasteiger charge is 2.20. The zero-order valence-electron chi connectivity index (χ0n) is 15.6. The number of aromatic hydroxyl groups is 2. The molecule has 1 amide bonds. The summed E-state index contributed by atoms with van der Waals surface area (Å²) in [6.45, 7) is 8.47. The van der Waals surface area contributed by atoms with Crippen LogP contribution in [0.2, 0.25) is 0 Å². The van der Waals surface area contributed by atoms with Gasteiger partial charge in [-0.15, -0.1) is 0 Å². The van der Waals surface area contributed by atoms with Gasteiger partial charge in [-0.3, -0.25) is 4.79 Å². The van der Waals surface area contributed by atoms with Gasteiger partial charge >= 0.3 is 0 Å². The molecule has 0 fully saturated rings. The number of amides is 1. The van der Waals surface area contributed by atoms with Gasteiger partial charge in [0.15, 0.2) is 0 Å². The average Bonchev–Trinajstić information content (AvgIpc) is 2.54. The van der Waals surface area contributed by atoms with Gasteiger partial charge in [0.05, 0.1) is 5.56 Å². The van der Waals surface area contributed by atoms with E-state index in [1.807, 2.05) is 20.8 Å². The maximum Gasteiger partial charge on any atom is 0.257 e. The lowest BCUT2D eigenvalue weighted by Gasteiger charge is -2.21. The molecule has 25 heavy (non-hydrogen) atoms. The first-order valence-electron chi connectivity index (χ1n) is 8.64. The van der Waals surface area contributed by atoms with Crippen molar-refractivity contribution < 1.29 is 15.0 Å². The molecule has 4 nitrogen and oxygen atoms in total. The second-order valence-corrected chi connectivity index (χ2v) is 6.87. The van der Waals surface area contributed by atoms with Gasteiger partial charge in [-0.1, -0.05) is 44.5 Å². The Bertz CT molecular complexity index is 781. The first-order chi connectivity index (χ1) is 11.7. The van der Waals surface area contributed by atoms with E-state index in [1.54, 1.807) is 18.0 Å². The maximum atomic E-state index is 12.8. The number of benzene rings is 2. The van der Waals surface area contributed by atoms with E-state index in [2.05, 4.69) is 25.1 Å². The van der Waals surface area contributed by atoms with E-state index >= 15 is 0 Å². The number of nitrogens with zero attached hydrogens (tertiary/aromatic N) is 1. The molecule has 0 aliphatic carbocycles. The number of phenolic OH excluding ortho intramolecular Hbond substituents is 2. The molecule has 0 radical (unpaired) electrons. The van der Waals surface area contributed by atoms with Crippen molar-refractivity contribution in [2.45, 2.75) is 46.6 Å². The molecule has 0 bridgehead atoms. The molecule has 0 spiro atoms. The Hall–Kier alpha value is -2.49. The van der Waals surface area contributed by atoms with E-state index < -0.39 is 0 Å². The van der Waals surface area contributed by atoms with Crippen LogP contribution in [0.1, 0.15) is 59.3 Å². The third-order valence-corrected chi connectivity index (χ3v) is 4.49. The van der Waals surface area contributed by atoms with Crippen LogP contribution in [0.4, 0.5) is 0 Å². The molecule has 2 aromatic carbocycles. The predicted molar refractivity (Wildman–Crippen MR) is 100 cm³/mol. The van der Waals surface area contributed by atoms with Crippen LogP contribution < -0.4 is 0 Å². The molecule has 4 heteroatoms. The lowest BCUT2D eigenvalue weighted by Crippen LogP contribution is -2.27. The molecule has 0 saturated heterocycles. The van der Waals surface area contributed by atoms with Gasteiger partial charge in [0.25, 0.3) is 5.91 Å². The lowest BCUT2D eigenvalue weighted by molar-refractivity contribution is 0.0781. The number of hydrogen-bond acceptors (Lipinski definition) is 3. The normalized spacial score (nSPS) is 11.0. The van der Waals surface area contributed by atoms with E-state index in [0.717, 1.165) is 17.5 Å². The molecule has 0 unspecified atom stereocenters. The molecule has 2 rings (SSSR count). The van der Waals surface area contributed by atoms with E-state index in [1.165, 1.54) is 11.6 Å². The van der Waals surface area contributed by atoms with Crippen LogP contribution in [0, 0.1) is 6.92 Å². The molecule has 0 aliphatic heterocycles. The van der Waals surface area contributed by atoms with Crippen molar-refractivity contribution in [2.24, 2.45) is 0 Å². The molecule has 0 heterocycles. The number of carbonyl (C=O) groups is 1. The highest BCUT2D eigenvalue weighted by molar-refractivity contribution is 5.97. The van der Waals surface area contributed by atoms with Crippen molar-refractivity contribution in [1.29, 1.82) is 0 Å². The van der Waals surface area contributed by atoms with Gasteiger partial charge in [-0.25, -0.2) is 0 Å². The highest BCUT2D eigenvalue weighted by atomic mass is 16.3. The van der Waals surface area contributed by atoms with Crippen LogP contribution in [0.25, 0.3) is 0 Å². The topological polar surface area (TPSA) is 60.8 Å². The van der Waals surface area contributed by atoms with E-state index in [0.29, 0.717) is 12.1 Å². The molecule has 2 aromatic rings. The maximum absolute atomic E-state index is 12.8. The van der Waals surface area contributed by atoms with Crippen molar-refractivity contribution in [3.05, 3.63) is 58.1 Å². The summed E-state index contributed by atoms with van der Waals surface area (Å²) in [5.74, 6) is -0.388. The van der Waals surface area contributed by atoms with E-state index in [9.17, 15) is 15.0 Å². The second kappa shape index (κ2) is 7.60. The zero-order valence-corrected chi connectivity index (χ0v) is 15.6. The third-order valence-electron chi connectivity index (χ3n) is 4.49. The molecular formula is C21H27NO3. The fourth-order valence-electron chi connectivity index (χ4n) is 3.01. The first-order valence-corrected chi connectivity index (χ1v) is 8.64. The average molecular weight is 341 g/mol. The van der Waals surface area contributed by atoms with Crippen LogP contribution in [0.3, 0.4) is 0 Å². The van der Waals surface area contributed by atoms with Gasteiger partial charge in [0.1, 0.15) is 11.5 Å². The summed E-state index contributed by atoms with van der Waals surface area (Å²) in [6, 6.07) is 9.10. The summed E-state index contributed by atoms with van der Waals surface area (Å²) in [6.07, 6.45) is 0.902. The Kier molecular flexibility index (Phi) is 5.73. The Labute approximate surface area is 149 Å². The number of rotatable bonds is 5. The van der Waals surface area contributed by atoms with Gasteiger partial charge in [0.2, 0.25) is 0 Å². The van der Waals surface area contributed by atoms with Crippen LogP contribution in [-0.2, 0) is 13.0 Å². The van der Waals surface area contributed by atoms with Crippen molar-refractivity contribution in [1.82, 2.24) is 4.90 Å². The summed E-state index contributed by atoms with van der Waals surface area (Å²) >= 11 is 0. The molecule has 0 saturated carbocycles. The number of carbonyl (C=O) groups excluding carboxylic acids is 1. The summed E-state index contributed by atoms with van der Waals surface area (Å²) in [7, 11) is 1.73. The Morgan fingerprint density at radius 2 is 1.76 bits per heavy atom. The Balaban J connectivity index is 2.32. The van der Waals surface area contributed by atoms with Crippen molar-refractivity contribution >= 4 is 5.91 Å². The summed E-state index contributed by atoms with van der Waals surface area (Å²) in [4.78, 5) is 14.4. The van der Waals surface area contributed by atoms with Gasteiger partial charge in [-0.05, 0) is 42.0 Å². The summed E-state index contributed by atoms with van der Waals surface area (Å²) < 4.78 is 0. The quantitative estimate of drug-likeness (QED) is 0.849. The number of aryl methyl sites for hydroxylation is 2. The SMILES string of the molecule is CCc1ccc(C)cc1CN(C)C(=O)c1cc(C(C)C)c(O)cc1O. The van der Waals surface area contributed by atoms with Crippen LogP contribution >= 0.6 is 0 Å². The lowest BCUT2D eigenvalue weighted by atomic mass is 9.98. The summed E-state index contributed by atoms with van der Waals surface area (Å²) in [5.41, 5.74) is 4.35. The first kappa shape index (κ1) is 18.8. The smallest absolute Gasteiger partial charge is 0.257 e. The van der Waals surface area contributed by atoms with E-state index in [4.69, 9.17) is 0 Å². The minimum atomic E-state index is -0.261. The molecule has 134 valence electrons. The highest BCUT2D eigenvalue weighted by Crippen LogP contribution is 2.33. The molecule has 0 aliphatic rings. The van der Waals surface area contributed by atoms with Gasteiger partial charge in [-0.2, -0.15) is 0 Å². The fourth-order valence-corrected chi connectivity index (χ4v) is 3.01. The molecule has 0 aromatic heterocycles. The van der Waals surface area contributed by atoms with Crippen LogP contribution in [0.15, 0.2) is 30.3 Å². The molecule has 0 atom stereocenters. The van der Waals surface area contributed by atoms with Crippen LogP contribution in [-0.4, -0.2) is 28.1 Å². The minimum absolute atomic E-state index is 0.0126. The monoisotopic (exact) mass is 341 g/mol. The number of phenols is 2. The van der Waals surface area contributed by atoms with Crippen molar-refractivity contribution in [2.75, 3.05) is 7.05 Å².